The fourth-order valence-corrected chi connectivity index (χ4v) is 3.83. The van der Waals surface area contributed by atoms with Gasteiger partial charge in [-0.15, -0.1) is 11.8 Å². The fraction of sp³-hybridized carbons (Fsp3) is 0.316. The zero-order chi connectivity index (χ0) is 18.4. The van der Waals surface area contributed by atoms with Crippen LogP contribution in [0.15, 0.2) is 48.8 Å². The third-order valence-corrected chi connectivity index (χ3v) is 5.43. The minimum Gasteiger partial charge on any atom is -0.332 e. The lowest BCUT2D eigenvalue weighted by Gasteiger charge is -2.36. The summed E-state index contributed by atoms with van der Waals surface area (Å²) in [7, 11) is 0. The summed E-state index contributed by atoms with van der Waals surface area (Å²) in [5.41, 5.74) is 1.64. The highest BCUT2D eigenvalue weighted by molar-refractivity contribution is 8.00. The molecule has 1 fully saturated rings. The van der Waals surface area contributed by atoms with Crippen LogP contribution in [-0.4, -0.2) is 52.7 Å². The van der Waals surface area contributed by atoms with Gasteiger partial charge >= 0.3 is 0 Å². The third kappa shape index (κ3) is 4.84. The van der Waals surface area contributed by atoms with Crippen LogP contribution in [0.5, 0.6) is 0 Å². The van der Waals surface area contributed by atoms with Crippen molar-refractivity contribution in [2.45, 2.75) is 6.04 Å². The predicted molar refractivity (Wildman–Crippen MR) is 105 cm³/mol. The Bertz CT molecular complexity index is 755. The maximum Gasteiger partial charge on any atom is 0.233 e. The summed E-state index contributed by atoms with van der Waals surface area (Å²) >= 11 is 7.19. The first-order chi connectivity index (χ1) is 12.6. The number of piperazine rings is 1. The van der Waals surface area contributed by atoms with Crippen LogP contribution in [0.25, 0.3) is 0 Å². The summed E-state index contributed by atoms with van der Waals surface area (Å²) in [6.45, 7) is 2.15. The van der Waals surface area contributed by atoms with Crippen molar-refractivity contribution in [3.05, 3.63) is 64.9 Å². The van der Waals surface area contributed by atoms with Crippen LogP contribution in [0.1, 0.15) is 22.0 Å². The topological polar surface area (TPSA) is 62.3 Å². The molecule has 1 amide bonds. The number of pyridine rings is 1. The molecule has 0 bridgehead atoms. The van der Waals surface area contributed by atoms with E-state index in [9.17, 15) is 9.59 Å². The summed E-state index contributed by atoms with van der Waals surface area (Å²) in [5, 5.41) is 3.93. The molecule has 1 aliphatic rings. The molecule has 136 valence electrons. The molecule has 3 rings (SSSR count). The Hall–Kier alpha value is -1.89. The number of Topliss-reactive ketones (excluding diaryl/α,β-unsaturated/α-hetero) is 1. The van der Waals surface area contributed by atoms with E-state index in [4.69, 9.17) is 11.6 Å². The maximum absolute atomic E-state index is 12.7. The molecule has 26 heavy (non-hydrogen) atoms. The number of carbonyl (C=O) groups is 2. The second-order valence-electron chi connectivity index (χ2n) is 6.02. The quantitative estimate of drug-likeness (QED) is 0.770. The molecule has 1 atom stereocenters. The van der Waals surface area contributed by atoms with Gasteiger partial charge in [0.25, 0.3) is 0 Å². The molecule has 2 heterocycles. The lowest BCUT2D eigenvalue weighted by molar-refractivity contribution is -0.131. The second-order valence-corrected chi connectivity index (χ2v) is 7.44. The third-order valence-electron chi connectivity index (χ3n) is 4.26. The Balaban J connectivity index is 1.55. The largest absolute Gasteiger partial charge is 0.332 e. The van der Waals surface area contributed by atoms with Gasteiger partial charge < -0.3 is 10.2 Å². The summed E-state index contributed by atoms with van der Waals surface area (Å²) in [6.07, 6.45) is 3.53. The Morgan fingerprint density at radius 1 is 1.23 bits per heavy atom. The highest BCUT2D eigenvalue weighted by atomic mass is 35.5. The number of nitrogens with one attached hydrogen (secondary N) is 1. The average molecular weight is 390 g/mol. The number of hydrogen-bond acceptors (Lipinski definition) is 5. The Morgan fingerprint density at radius 3 is 2.77 bits per heavy atom. The van der Waals surface area contributed by atoms with Gasteiger partial charge in [0.05, 0.1) is 17.5 Å². The molecule has 0 aliphatic carbocycles. The number of aromatic nitrogens is 1. The van der Waals surface area contributed by atoms with Crippen LogP contribution >= 0.6 is 23.4 Å². The van der Waals surface area contributed by atoms with Gasteiger partial charge in [0.15, 0.2) is 5.78 Å². The van der Waals surface area contributed by atoms with Crippen molar-refractivity contribution in [2.24, 2.45) is 0 Å². The van der Waals surface area contributed by atoms with Crippen molar-refractivity contribution in [3.63, 3.8) is 0 Å². The van der Waals surface area contributed by atoms with Crippen molar-refractivity contribution >= 4 is 35.1 Å². The van der Waals surface area contributed by atoms with E-state index in [0.29, 0.717) is 23.7 Å². The first-order valence-corrected chi connectivity index (χ1v) is 9.95. The van der Waals surface area contributed by atoms with E-state index in [0.717, 1.165) is 12.1 Å². The molecule has 0 spiro atoms. The fourth-order valence-electron chi connectivity index (χ4n) is 2.91. The van der Waals surface area contributed by atoms with E-state index in [1.165, 1.54) is 11.8 Å². The highest BCUT2D eigenvalue weighted by Gasteiger charge is 2.27. The minimum atomic E-state index is -0.0162. The Morgan fingerprint density at radius 2 is 2.04 bits per heavy atom. The summed E-state index contributed by atoms with van der Waals surface area (Å²) in [4.78, 5) is 30.9. The number of halogens is 1. The number of rotatable bonds is 6. The molecule has 0 radical (unpaired) electrons. The van der Waals surface area contributed by atoms with E-state index in [-0.39, 0.29) is 29.2 Å². The van der Waals surface area contributed by atoms with Gasteiger partial charge in [-0.3, -0.25) is 14.6 Å². The lowest BCUT2D eigenvalue weighted by Crippen LogP contribution is -2.49. The number of amides is 1. The second kappa shape index (κ2) is 9.16. The summed E-state index contributed by atoms with van der Waals surface area (Å²) in [6, 6.07) is 10.7. The van der Waals surface area contributed by atoms with Gasteiger partial charge in [0, 0.05) is 42.6 Å². The SMILES string of the molecule is O=C(CSCC(=O)N1CCNCC1c1cccnc1)c1ccc(Cl)cc1. The molecule has 1 aromatic carbocycles. The number of thioether (sulfide) groups is 1. The van der Waals surface area contributed by atoms with E-state index in [1.54, 1.807) is 36.7 Å². The van der Waals surface area contributed by atoms with E-state index >= 15 is 0 Å². The zero-order valence-corrected chi connectivity index (χ0v) is 15.8. The van der Waals surface area contributed by atoms with Crippen LogP contribution in [0.3, 0.4) is 0 Å². The highest BCUT2D eigenvalue weighted by Crippen LogP contribution is 2.22. The molecule has 0 saturated carbocycles. The van der Waals surface area contributed by atoms with Crippen LogP contribution in [0.4, 0.5) is 0 Å². The average Bonchev–Trinajstić information content (AvgIpc) is 2.69. The van der Waals surface area contributed by atoms with Gasteiger partial charge in [-0.25, -0.2) is 0 Å². The molecule has 7 heteroatoms. The molecular weight excluding hydrogens is 370 g/mol. The molecule has 1 saturated heterocycles. The Labute approximate surface area is 162 Å². The number of hydrogen-bond donors (Lipinski definition) is 1. The summed E-state index contributed by atoms with van der Waals surface area (Å²) in [5.74, 6) is 0.616. The van der Waals surface area contributed by atoms with Gasteiger partial charge in [0.2, 0.25) is 5.91 Å². The maximum atomic E-state index is 12.7. The zero-order valence-electron chi connectivity index (χ0n) is 14.2. The number of nitrogens with zero attached hydrogens (tertiary/aromatic N) is 2. The molecular formula is C19H20ClN3O2S. The Kier molecular flexibility index (Phi) is 6.66. The molecule has 1 aromatic heterocycles. The number of ketones is 1. The molecule has 2 aromatic rings. The predicted octanol–water partition coefficient (Wildman–Crippen LogP) is 2.82. The van der Waals surface area contributed by atoms with Crippen molar-refractivity contribution in [1.82, 2.24) is 15.2 Å². The summed E-state index contributed by atoms with van der Waals surface area (Å²) < 4.78 is 0. The van der Waals surface area contributed by atoms with Crippen molar-refractivity contribution in [1.29, 1.82) is 0 Å². The van der Waals surface area contributed by atoms with E-state index in [2.05, 4.69) is 10.3 Å². The van der Waals surface area contributed by atoms with Crippen LogP contribution in [0.2, 0.25) is 5.02 Å². The van der Waals surface area contributed by atoms with Gasteiger partial charge in [0.1, 0.15) is 0 Å². The van der Waals surface area contributed by atoms with E-state index < -0.39 is 0 Å². The molecule has 1 aliphatic heterocycles. The van der Waals surface area contributed by atoms with Crippen LogP contribution < -0.4 is 5.32 Å². The van der Waals surface area contributed by atoms with Crippen molar-refractivity contribution in [2.75, 3.05) is 31.1 Å². The van der Waals surface area contributed by atoms with Crippen molar-refractivity contribution in [3.8, 4) is 0 Å². The van der Waals surface area contributed by atoms with E-state index in [1.807, 2.05) is 17.0 Å². The van der Waals surface area contributed by atoms with Gasteiger partial charge in [-0.2, -0.15) is 0 Å². The minimum absolute atomic E-state index is 0.00332. The number of carbonyl (C=O) groups excluding carboxylic acids is 2. The van der Waals surface area contributed by atoms with Gasteiger partial charge in [-0.05, 0) is 35.9 Å². The van der Waals surface area contributed by atoms with Crippen LogP contribution in [-0.2, 0) is 4.79 Å². The smallest absolute Gasteiger partial charge is 0.233 e. The first kappa shape index (κ1) is 18.9. The number of benzene rings is 1. The normalized spacial score (nSPS) is 17.1. The van der Waals surface area contributed by atoms with Gasteiger partial charge in [-0.1, -0.05) is 17.7 Å². The molecule has 5 nitrogen and oxygen atoms in total. The standard InChI is InChI=1S/C19H20ClN3O2S/c20-16-5-3-14(4-6-16)18(24)12-26-13-19(25)23-9-8-22-11-17(23)15-2-1-7-21-10-15/h1-7,10,17,22H,8-9,11-13H2. The molecule has 1 N–H and O–H groups in total. The molecule has 1 unspecified atom stereocenters. The van der Waals surface area contributed by atoms with Crippen LogP contribution in [0, 0.1) is 0 Å². The monoisotopic (exact) mass is 389 g/mol. The lowest BCUT2D eigenvalue weighted by atomic mass is 10.1. The van der Waals surface area contributed by atoms with Crippen molar-refractivity contribution < 1.29 is 9.59 Å². The first-order valence-electron chi connectivity index (χ1n) is 8.42.